The molecule has 0 aromatic carbocycles. The number of carbonyl (C=O) groups is 1. The van der Waals surface area contributed by atoms with Crippen molar-refractivity contribution >= 4 is 17.2 Å². The fourth-order valence-electron chi connectivity index (χ4n) is 2.81. The number of nitrogens with zero attached hydrogens (tertiary/aromatic N) is 4. The van der Waals surface area contributed by atoms with Gasteiger partial charge in [0.25, 0.3) is 5.91 Å². The zero-order chi connectivity index (χ0) is 15.8. The summed E-state index contributed by atoms with van der Waals surface area (Å²) in [4.78, 5) is 15.6. The fraction of sp³-hybridized carbons (Fsp3) is 0.312. The monoisotopic (exact) mass is 328 g/mol. The lowest BCUT2D eigenvalue weighted by Gasteiger charge is -2.18. The van der Waals surface area contributed by atoms with Gasteiger partial charge in [0.15, 0.2) is 5.69 Å². The molecule has 4 rings (SSSR count). The standard InChI is InChI=1S/C16H16N4O2S/c1-11-8-14(18-22-11)16(21)19-5-3-6-20-12(10-19)9-13(17-20)15-4-2-7-23-15/h2,4,7-9H,3,5-6,10H2,1H3. The molecular weight excluding hydrogens is 312 g/mol. The van der Waals surface area contributed by atoms with Crippen LogP contribution in [0.5, 0.6) is 0 Å². The number of hydrogen-bond acceptors (Lipinski definition) is 5. The maximum absolute atomic E-state index is 12.6. The maximum Gasteiger partial charge on any atom is 0.276 e. The lowest BCUT2D eigenvalue weighted by Crippen LogP contribution is -2.30. The molecule has 0 radical (unpaired) electrons. The first-order chi connectivity index (χ1) is 11.2. The van der Waals surface area contributed by atoms with Crippen LogP contribution in [0.15, 0.2) is 34.2 Å². The molecule has 0 N–H and O–H groups in total. The number of aromatic nitrogens is 3. The van der Waals surface area contributed by atoms with Crippen molar-refractivity contribution in [3.63, 3.8) is 0 Å². The van der Waals surface area contributed by atoms with Crippen LogP contribution in [-0.4, -0.2) is 32.3 Å². The average molecular weight is 328 g/mol. The summed E-state index contributed by atoms with van der Waals surface area (Å²) in [6, 6.07) is 7.84. The number of carbonyl (C=O) groups excluding carboxylic acids is 1. The molecule has 1 amide bonds. The molecule has 3 aromatic heterocycles. The van der Waals surface area contributed by atoms with Crippen molar-refractivity contribution in [2.45, 2.75) is 26.4 Å². The highest BCUT2D eigenvalue weighted by atomic mass is 32.1. The number of aryl methyl sites for hydroxylation is 2. The third-order valence-corrected chi connectivity index (χ3v) is 4.81. The summed E-state index contributed by atoms with van der Waals surface area (Å²) < 4.78 is 7.03. The van der Waals surface area contributed by atoms with Gasteiger partial charge in [-0.25, -0.2) is 0 Å². The number of rotatable bonds is 2. The summed E-state index contributed by atoms with van der Waals surface area (Å²) in [5, 5.41) is 10.6. The molecular formula is C16H16N4O2S. The van der Waals surface area contributed by atoms with Crippen molar-refractivity contribution in [3.05, 3.63) is 46.8 Å². The topological polar surface area (TPSA) is 64.2 Å². The van der Waals surface area contributed by atoms with Gasteiger partial charge in [-0.05, 0) is 30.9 Å². The highest BCUT2D eigenvalue weighted by Gasteiger charge is 2.24. The van der Waals surface area contributed by atoms with E-state index in [2.05, 4.69) is 22.4 Å². The summed E-state index contributed by atoms with van der Waals surface area (Å²) in [6.07, 6.45) is 0.876. The quantitative estimate of drug-likeness (QED) is 0.725. The Bertz CT molecular complexity index is 834. The molecule has 23 heavy (non-hydrogen) atoms. The van der Waals surface area contributed by atoms with E-state index in [0.717, 1.165) is 29.2 Å². The molecule has 0 unspecified atom stereocenters. The Hall–Kier alpha value is -2.41. The van der Waals surface area contributed by atoms with Crippen LogP contribution in [0.3, 0.4) is 0 Å². The van der Waals surface area contributed by atoms with Crippen molar-refractivity contribution < 1.29 is 9.32 Å². The van der Waals surface area contributed by atoms with E-state index in [9.17, 15) is 4.79 Å². The largest absolute Gasteiger partial charge is 0.361 e. The van der Waals surface area contributed by atoms with Gasteiger partial charge < -0.3 is 9.42 Å². The highest BCUT2D eigenvalue weighted by molar-refractivity contribution is 7.13. The first-order valence-corrected chi connectivity index (χ1v) is 8.42. The third kappa shape index (κ3) is 2.68. The van der Waals surface area contributed by atoms with E-state index in [-0.39, 0.29) is 5.91 Å². The molecule has 0 spiro atoms. The van der Waals surface area contributed by atoms with Gasteiger partial charge in [-0.3, -0.25) is 9.48 Å². The smallest absolute Gasteiger partial charge is 0.276 e. The van der Waals surface area contributed by atoms with Gasteiger partial charge in [0.2, 0.25) is 0 Å². The highest BCUT2D eigenvalue weighted by Crippen LogP contribution is 2.26. The molecule has 0 atom stereocenters. The minimum absolute atomic E-state index is 0.0887. The Balaban J connectivity index is 1.60. The molecule has 7 heteroatoms. The average Bonchev–Trinajstić information content (AvgIpc) is 3.25. The van der Waals surface area contributed by atoms with Crippen LogP contribution >= 0.6 is 11.3 Å². The van der Waals surface area contributed by atoms with Crippen LogP contribution < -0.4 is 0 Å². The minimum Gasteiger partial charge on any atom is -0.361 e. The predicted molar refractivity (Wildman–Crippen MR) is 86.1 cm³/mol. The Morgan fingerprint density at radius 3 is 3.00 bits per heavy atom. The Morgan fingerprint density at radius 1 is 1.35 bits per heavy atom. The van der Waals surface area contributed by atoms with Crippen molar-refractivity contribution in [1.29, 1.82) is 0 Å². The molecule has 4 heterocycles. The van der Waals surface area contributed by atoms with Crippen molar-refractivity contribution in [3.8, 4) is 10.6 Å². The van der Waals surface area contributed by atoms with E-state index in [1.165, 1.54) is 0 Å². The zero-order valence-electron chi connectivity index (χ0n) is 12.7. The van der Waals surface area contributed by atoms with E-state index < -0.39 is 0 Å². The lowest BCUT2D eigenvalue weighted by atomic mass is 10.2. The molecule has 1 aliphatic rings. The number of fused-ring (bicyclic) bond motifs is 1. The molecule has 0 fully saturated rings. The second kappa shape index (κ2) is 5.66. The van der Waals surface area contributed by atoms with E-state index in [4.69, 9.17) is 4.52 Å². The number of hydrogen-bond donors (Lipinski definition) is 0. The van der Waals surface area contributed by atoms with E-state index in [1.54, 1.807) is 24.3 Å². The molecule has 0 aliphatic carbocycles. The fourth-order valence-corrected chi connectivity index (χ4v) is 3.49. The maximum atomic E-state index is 12.6. The van der Waals surface area contributed by atoms with Gasteiger partial charge >= 0.3 is 0 Å². The van der Waals surface area contributed by atoms with Gasteiger partial charge in [-0.15, -0.1) is 11.3 Å². The van der Waals surface area contributed by atoms with Gasteiger partial charge in [-0.1, -0.05) is 11.2 Å². The summed E-state index contributed by atoms with van der Waals surface area (Å²) in [7, 11) is 0. The van der Waals surface area contributed by atoms with Crippen LogP contribution in [0.25, 0.3) is 10.6 Å². The Labute approximate surface area is 137 Å². The lowest BCUT2D eigenvalue weighted by molar-refractivity contribution is 0.0735. The van der Waals surface area contributed by atoms with Crippen LogP contribution in [0.2, 0.25) is 0 Å². The molecule has 3 aromatic rings. The van der Waals surface area contributed by atoms with E-state index in [0.29, 0.717) is 24.5 Å². The van der Waals surface area contributed by atoms with E-state index in [1.807, 2.05) is 21.0 Å². The molecule has 6 nitrogen and oxygen atoms in total. The second-order valence-corrected chi connectivity index (χ2v) is 6.57. The third-order valence-electron chi connectivity index (χ3n) is 3.92. The second-order valence-electron chi connectivity index (χ2n) is 5.62. The van der Waals surface area contributed by atoms with Crippen LogP contribution in [0.4, 0.5) is 0 Å². The molecule has 0 bridgehead atoms. The normalized spacial score (nSPS) is 14.6. The molecule has 0 saturated carbocycles. The van der Waals surface area contributed by atoms with Crippen molar-refractivity contribution in [1.82, 2.24) is 19.8 Å². The van der Waals surface area contributed by atoms with Crippen LogP contribution in [-0.2, 0) is 13.1 Å². The summed E-state index contributed by atoms with van der Waals surface area (Å²) >= 11 is 1.67. The van der Waals surface area contributed by atoms with Gasteiger partial charge in [-0.2, -0.15) is 5.10 Å². The predicted octanol–water partition coefficient (Wildman–Crippen LogP) is 2.95. The number of thiophene rings is 1. The van der Waals surface area contributed by atoms with Gasteiger partial charge in [0.1, 0.15) is 11.5 Å². The molecule has 1 aliphatic heterocycles. The molecule has 118 valence electrons. The summed E-state index contributed by atoms with van der Waals surface area (Å²) in [5.74, 6) is 0.558. The van der Waals surface area contributed by atoms with Crippen molar-refractivity contribution in [2.75, 3.05) is 6.54 Å². The Morgan fingerprint density at radius 2 is 2.26 bits per heavy atom. The summed E-state index contributed by atoms with van der Waals surface area (Å²) in [6.45, 7) is 3.85. The number of amides is 1. The Kier molecular flexibility index (Phi) is 3.49. The molecule has 0 saturated heterocycles. The summed E-state index contributed by atoms with van der Waals surface area (Å²) in [5.41, 5.74) is 2.40. The van der Waals surface area contributed by atoms with Crippen LogP contribution in [0, 0.1) is 6.92 Å². The van der Waals surface area contributed by atoms with Crippen LogP contribution in [0.1, 0.15) is 28.4 Å². The van der Waals surface area contributed by atoms with Gasteiger partial charge in [0, 0.05) is 19.2 Å². The van der Waals surface area contributed by atoms with E-state index >= 15 is 0 Å². The van der Waals surface area contributed by atoms with Crippen molar-refractivity contribution in [2.24, 2.45) is 0 Å². The first kappa shape index (κ1) is 14.2. The van der Waals surface area contributed by atoms with Gasteiger partial charge in [0.05, 0.1) is 17.1 Å². The SMILES string of the molecule is Cc1cc(C(=O)N2CCCn3nc(-c4cccs4)cc3C2)no1. The zero-order valence-corrected chi connectivity index (χ0v) is 13.5. The first-order valence-electron chi connectivity index (χ1n) is 7.54. The minimum atomic E-state index is -0.0887.